The number of hydrogen-bond acceptors (Lipinski definition) is 3. The van der Waals surface area contributed by atoms with E-state index in [2.05, 4.69) is 0 Å². The Morgan fingerprint density at radius 2 is 1.60 bits per heavy atom. The van der Waals surface area contributed by atoms with Crippen molar-refractivity contribution in [3.63, 3.8) is 0 Å². The number of carbonyl (C=O) groups excluding carboxylic acids is 2. The van der Waals surface area contributed by atoms with E-state index in [4.69, 9.17) is 5.11 Å². The second-order valence-corrected chi connectivity index (χ2v) is 3.18. The third kappa shape index (κ3) is 2.28. The average molecular weight is 206 g/mol. The van der Waals surface area contributed by atoms with Crippen LogP contribution in [0.4, 0.5) is 0 Å². The summed E-state index contributed by atoms with van der Waals surface area (Å²) in [7, 11) is 0. The molecule has 0 saturated heterocycles. The van der Waals surface area contributed by atoms with Crippen molar-refractivity contribution in [2.24, 2.45) is 0 Å². The molecule has 0 atom stereocenters. The van der Waals surface area contributed by atoms with Gasteiger partial charge < -0.3 is 5.11 Å². The lowest BCUT2D eigenvalue weighted by Gasteiger charge is -2.03. The van der Waals surface area contributed by atoms with Crippen molar-refractivity contribution in [1.82, 2.24) is 0 Å². The first-order chi connectivity index (χ1) is 6.93. The van der Waals surface area contributed by atoms with Gasteiger partial charge in [-0.2, -0.15) is 0 Å². The predicted molar refractivity (Wildman–Crippen MR) is 53.4 cm³/mol. The Morgan fingerprint density at radius 3 is 2.00 bits per heavy atom. The van der Waals surface area contributed by atoms with Gasteiger partial charge in [0, 0.05) is 11.1 Å². The summed E-state index contributed by atoms with van der Waals surface area (Å²) in [4.78, 5) is 33.0. The Bertz CT molecular complexity index is 446. The topological polar surface area (TPSA) is 71.4 Å². The first-order valence-electron chi connectivity index (χ1n) is 4.32. The van der Waals surface area contributed by atoms with Gasteiger partial charge in [0.15, 0.2) is 11.6 Å². The third-order valence-electron chi connectivity index (χ3n) is 2.04. The largest absolute Gasteiger partial charge is 0.478 e. The lowest BCUT2D eigenvalue weighted by atomic mass is 10.00. The van der Waals surface area contributed by atoms with Gasteiger partial charge in [-0.25, -0.2) is 4.79 Å². The van der Waals surface area contributed by atoms with Crippen molar-refractivity contribution >= 4 is 17.5 Å². The van der Waals surface area contributed by atoms with E-state index in [1.165, 1.54) is 32.0 Å². The monoisotopic (exact) mass is 206 g/mol. The number of carboxylic acid groups (broad SMARTS) is 1. The van der Waals surface area contributed by atoms with Crippen molar-refractivity contribution in [1.29, 1.82) is 0 Å². The smallest absolute Gasteiger partial charge is 0.336 e. The summed E-state index contributed by atoms with van der Waals surface area (Å²) >= 11 is 0. The molecule has 0 spiro atoms. The molecular weight excluding hydrogens is 196 g/mol. The maximum Gasteiger partial charge on any atom is 0.336 e. The molecule has 0 heterocycles. The molecule has 0 bridgehead atoms. The molecule has 15 heavy (non-hydrogen) atoms. The van der Waals surface area contributed by atoms with E-state index in [0.717, 1.165) is 0 Å². The van der Waals surface area contributed by atoms with Crippen LogP contribution in [0.1, 0.15) is 44.9 Å². The van der Waals surface area contributed by atoms with Crippen LogP contribution in [0.2, 0.25) is 0 Å². The molecule has 1 aromatic carbocycles. The Hall–Kier alpha value is -1.97. The van der Waals surface area contributed by atoms with E-state index >= 15 is 0 Å². The minimum Gasteiger partial charge on any atom is -0.478 e. The van der Waals surface area contributed by atoms with E-state index in [0.29, 0.717) is 0 Å². The summed E-state index contributed by atoms with van der Waals surface area (Å²) in [5, 5.41) is 8.86. The molecular formula is C11H10O4. The zero-order valence-electron chi connectivity index (χ0n) is 8.40. The Balaban J connectivity index is 3.40. The summed E-state index contributed by atoms with van der Waals surface area (Å²) < 4.78 is 0. The fourth-order valence-electron chi connectivity index (χ4n) is 1.25. The molecule has 0 saturated carbocycles. The van der Waals surface area contributed by atoms with Gasteiger partial charge in [0.2, 0.25) is 0 Å². The Labute approximate surface area is 86.5 Å². The minimum absolute atomic E-state index is 0.118. The number of rotatable bonds is 3. The average Bonchev–Trinajstić information content (AvgIpc) is 2.16. The van der Waals surface area contributed by atoms with Gasteiger partial charge in [0.25, 0.3) is 0 Å². The molecule has 0 aliphatic rings. The predicted octanol–water partition coefficient (Wildman–Crippen LogP) is 1.79. The standard InChI is InChI=1S/C11H10O4/c1-6(12)8-3-4-9(7(2)13)10(5-8)11(14)15/h3-5H,1-2H3,(H,14,15). The number of carbonyl (C=O) groups is 3. The highest BCUT2D eigenvalue weighted by atomic mass is 16.4. The molecule has 1 rings (SSSR count). The second-order valence-electron chi connectivity index (χ2n) is 3.18. The Kier molecular flexibility index (Phi) is 2.99. The van der Waals surface area contributed by atoms with Gasteiger partial charge in [0.05, 0.1) is 5.56 Å². The first kappa shape index (κ1) is 11.1. The van der Waals surface area contributed by atoms with Crippen LogP contribution in [0.3, 0.4) is 0 Å². The molecule has 1 aromatic rings. The van der Waals surface area contributed by atoms with E-state index in [9.17, 15) is 14.4 Å². The molecule has 78 valence electrons. The van der Waals surface area contributed by atoms with Crippen LogP contribution in [0.15, 0.2) is 18.2 Å². The van der Waals surface area contributed by atoms with Crippen LogP contribution in [-0.2, 0) is 0 Å². The normalized spacial score (nSPS) is 9.73. The molecule has 0 unspecified atom stereocenters. The molecule has 4 nitrogen and oxygen atoms in total. The van der Waals surface area contributed by atoms with Gasteiger partial charge >= 0.3 is 5.97 Å². The van der Waals surface area contributed by atoms with E-state index in [1.54, 1.807) is 0 Å². The fraction of sp³-hybridized carbons (Fsp3) is 0.182. The molecule has 0 aromatic heterocycles. The van der Waals surface area contributed by atoms with E-state index < -0.39 is 5.97 Å². The maximum atomic E-state index is 11.1. The number of Topliss-reactive ketones (excluding diaryl/α,β-unsaturated/α-hetero) is 2. The van der Waals surface area contributed by atoms with Gasteiger partial charge in [-0.1, -0.05) is 6.07 Å². The van der Waals surface area contributed by atoms with Crippen molar-refractivity contribution in [2.75, 3.05) is 0 Å². The number of carboxylic acids is 1. The van der Waals surface area contributed by atoms with Crippen molar-refractivity contribution < 1.29 is 19.5 Å². The lowest BCUT2D eigenvalue weighted by molar-refractivity contribution is 0.0692. The first-order valence-corrected chi connectivity index (χ1v) is 4.32. The summed E-state index contributed by atoms with van der Waals surface area (Å²) in [6, 6.07) is 4.04. The number of ketones is 2. The summed E-state index contributed by atoms with van der Waals surface area (Å²) in [6.07, 6.45) is 0. The third-order valence-corrected chi connectivity index (χ3v) is 2.04. The fourth-order valence-corrected chi connectivity index (χ4v) is 1.25. The highest BCUT2D eigenvalue weighted by Gasteiger charge is 2.15. The van der Waals surface area contributed by atoms with Crippen LogP contribution in [0, 0.1) is 0 Å². The quantitative estimate of drug-likeness (QED) is 0.765. The van der Waals surface area contributed by atoms with Crippen molar-refractivity contribution in [3.8, 4) is 0 Å². The summed E-state index contributed by atoms with van der Waals surface area (Å²) in [6.45, 7) is 2.63. The van der Waals surface area contributed by atoms with Crippen LogP contribution in [0.5, 0.6) is 0 Å². The van der Waals surface area contributed by atoms with Crippen molar-refractivity contribution in [3.05, 3.63) is 34.9 Å². The van der Waals surface area contributed by atoms with Gasteiger partial charge in [0.1, 0.15) is 0 Å². The highest BCUT2D eigenvalue weighted by molar-refractivity contribution is 6.06. The minimum atomic E-state index is -1.21. The zero-order valence-corrected chi connectivity index (χ0v) is 8.40. The lowest BCUT2D eigenvalue weighted by Crippen LogP contribution is -2.08. The molecule has 0 radical (unpaired) electrons. The molecule has 0 aliphatic carbocycles. The zero-order chi connectivity index (χ0) is 11.6. The van der Waals surface area contributed by atoms with Crippen LogP contribution in [-0.4, -0.2) is 22.6 Å². The van der Waals surface area contributed by atoms with Crippen molar-refractivity contribution in [2.45, 2.75) is 13.8 Å². The maximum absolute atomic E-state index is 11.1. The number of hydrogen-bond donors (Lipinski definition) is 1. The summed E-state index contributed by atoms with van der Waals surface area (Å²) in [5.41, 5.74) is 0.278. The number of aromatic carboxylic acids is 1. The molecule has 4 heteroatoms. The summed E-state index contributed by atoms with van der Waals surface area (Å²) in [5.74, 6) is -1.77. The number of benzene rings is 1. The SMILES string of the molecule is CC(=O)c1ccc(C(C)=O)c(C(=O)O)c1. The van der Waals surface area contributed by atoms with Crippen LogP contribution < -0.4 is 0 Å². The molecule has 1 N–H and O–H groups in total. The van der Waals surface area contributed by atoms with Gasteiger partial charge in [-0.05, 0) is 26.0 Å². The molecule has 0 aliphatic heterocycles. The highest BCUT2D eigenvalue weighted by Crippen LogP contribution is 2.13. The van der Waals surface area contributed by atoms with Crippen LogP contribution in [0.25, 0.3) is 0 Å². The molecule has 0 fully saturated rings. The molecule has 0 amide bonds. The van der Waals surface area contributed by atoms with E-state index in [-0.39, 0.29) is 28.3 Å². The van der Waals surface area contributed by atoms with E-state index in [1.807, 2.05) is 0 Å². The second kappa shape index (κ2) is 4.04. The van der Waals surface area contributed by atoms with Gasteiger partial charge in [-0.15, -0.1) is 0 Å². The van der Waals surface area contributed by atoms with Gasteiger partial charge in [-0.3, -0.25) is 9.59 Å². The Morgan fingerprint density at radius 1 is 1.00 bits per heavy atom. The van der Waals surface area contributed by atoms with Crippen LogP contribution >= 0.6 is 0 Å².